The Bertz CT molecular complexity index is 843. The average Bonchev–Trinajstić information content (AvgIpc) is 2.92. The van der Waals surface area contributed by atoms with E-state index < -0.39 is 0 Å². The Morgan fingerprint density at radius 3 is 2.83 bits per heavy atom. The summed E-state index contributed by atoms with van der Waals surface area (Å²) in [4.78, 5) is 24.9. The summed E-state index contributed by atoms with van der Waals surface area (Å²) in [5, 5.41) is 8.98. The van der Waals surface area contributed by atoms with Gasteiger partial charge in [0.15, 0.2) is 3.95 Å². The third-order valence-electron chi connectivity index (χ3n) is 4.07. The fraction of sp³-hybridized carbons (Fsp3) is 0.375. The minimum atomic E-state index is 0.127. The highest BCUT2D eigenvalue weighted by molar-refractivity contribution is 7.73. The summed E-state index contributed by atoms with van der Waals surface area (Å²) in [6.07, 6.45) is 2.04. The van der Waals surface area contributed by atoms with Crippen molar-refractivity contribution < 1.29 is 4.79 Å². The Morgan fingerprint density at radius 2 is 2.21 bits per heavy atom. The second-order valence-corrected chi connectivity index (χ2v) is 7.39. The van der Waals surface area contributed by atoms with E-state index in [4.69, 9.17) is 17.5 Å². The van der Waals surface area contributed by atoms with E-state index >= 15 is 0 Å². The van der Waals surface area contributed by atoms with Crippen LogP contribution in [0.25, 0.3) is 0 Å². The van der Waals surface area contributed by atoms with Crippen molar-refractivity contribution in [3.63, 3.8) is 0 Å². The number of nitrogens with zero attached hydrogens (tertiary/aromatic N) is 4. The van der Waals surface area contributed by atoms with Crippen LogP contribution in [0.5, 0.6) is 0 Å². The number of nitrogens with one attached hydrogen (secondary N) is 1. The summed E-state index contributed by atoms with van der Waals surface area (Å²) in [5.41, 5.74) is 1.58. The largest absolute Gasteiger partial charge is 0.353 e. The van der Waals surface area contributed by atoms with Crippen molar-refractivity contribution >= 4 is 35.3 Å². The third kappa shape index (κ3) is 3.63. The van der Waals surface area contributed by atoms with E-state index in [0.29, 0.717) is 29.0 Å². The number of aromatic amines is 1. The van der Waals surface area contributed by atoms with Gasteiger partial charge in [0, 0.05) is 42.9 Å². The van der Waals surface area contributed by atoms with Crippen LogP contribution in [0.3, 0.4) is 0 Å². The normalized spacial score (nSPS) is 14.5. The van der Waals surface area contributed by atoms with Crippen molar-refractivity contribution in [1.29, 1.82) is 5.26 Å². The SMILES string of the molecule is Cc1[nH]c(=S)sc1CC(=O)N1CCN(c2cc(C#N)ccn2)CC1. The molecule has 2 aromatic rings. The van der Waals surface area contributed by atoms with E-state index in [2.05, 4.69) is 20.9 Å². The van der Waals surface area contributed by atoms with E-state index in [1.807, 2.05) is 11.8 Å². The molecule has 6 nitrogen and oxygen atoms in total. The van der Waals surface area contributed by atoms with Crippen molar-refractivity contribution in [1.82, 2.24) is 14.9 Å². The number of carbonyl (C=O) groups is 1. The number of rotatable bonds is 3. The van der Waals surface area contributed by atoms with Gasteiger partial charge < -0.3 is 14.8 Å². The van der Waals surface area contributed by atoms with Gasteiger partial charge in [0.25, 0.3) is 0 Å². The van der Waals surface area contributed by atoms with Gasteiger partial charge in [-0.05, 0) is 31.3 Å². The van der Waals surface area contributed by atoms with Gasteiger partial charge in [0.1, 0.15) is 5.82 Å². The van der Waals surface area contributed by atoms with Crippen molar-refractivity contribution in [2.75, 3.05) is 31.1 Å². The Balaban J connectivity index is 1.60. The number of piperazine rings is 1. The van der Waals surface area contributed by atoms with Crippen molar-refractivity contribution in [3.8, 4) is 6.07 Å². The van der Waals surface area contributed by atoms with Gasteiger partial charge in [0.2, 0.25) is 5.91 Å². The van der Waals surface area contributed by atoms with Crippen LogP contribution in [0.1, 0.15) is 16.1 Å². The third-order valence-corrected chi connectivity index (χ3v) is 5.40. The number of aromatic nitrogens is 2. The zero-order valence-electron chi connectivity index (χ0n) is 13.3. The molecular formula is C16H17N5OS2. The molecule has 1 N–H and O–H groups in total. The summed E-state index contributed by atoms with van der Waals surface area (Å²) in [7, 11) is 0. The van der Waals surface area contributed by atoms with Gasteiger partial charge in [-0.25, -0.2) is 4.98 Å². The van der Waals surface area contributed by atoms with Gasteiger partial charge >= 0.3 is 0 Å². The monoisotopic (exact) mass is 359 g/mol. The van der Waals surface area contributed by atoms with Gasteiger partial charge in [-0.2, -0.15) is 5.26 Å². The molecule has 1 fully saturated rings. The lowest BCUT2D eigenvalue weighted by Crippen LogP contribution is -2.49. The molecule has 0 atom stereocenters. The number of pyridine rings is 1. The fourth-order valence-corrected chi connectivity index (χ4v) is 3.98. The molecule has 0 spiro atoms. The Morgan fingerprint density at radius 1 is 1.46 bits per heavy atom. The number of hydrogen-bond acceptors (Lipinski definition) is 6. The standard InChI is InChI=1S/C16H17N5OS2/c1-11-13(24-16(23)19-11)9-15(22)21-6-4-20(5-7-21)14-8-12(10-17)2-3-18-14/h2-3,8H,4-7,9H2,1H3,(H,19,23). The summed E-state index contributed by atoms with van der Waals surface area (Å²) >= 11 is 6.59. The van der Waals surface area contributed by atoms with Crippen molar-refractivity contribution in [2.24, 2.45) is 0 Å². The molecule has 0 radical (unpaired) electrons. The molecule has 0 bridgehead atoms. The first-order valence-corrected chi connectivity index (χ1v) is 8.87. The topological polar surface area (TPSA) is 76.0 Å². The number of thiazole rings is 1. The molecule has 24 heavy (non-hydrogen) atoms. The number of carbonyl (C=O) groups excluding carboxylic acids is 1. The molecule has 3 rings (SSSR count). The maximum atomic E-state index is 12.5. The molecule has 8 heteroatoms. The molecule has 0 aromatic carbocycles. The number of aryl methyl sites for hydroxylation is 1. The highest BCUT2D eigenvalue weighted by Crippen LogP contribution is 2.18. The minimum Gasteiger partial charge on any atom is -0.353 e. The highest BCUT2D eigenvalue weighted by Gasteiger charge is 2.23. The number of nitriles is 1. The number of hydrogen-bond donors (Lipinski definition) is 1. The fourth-order valence-electron chi connectivity index (χ4n) is 2.70. The van der Waals surface area contributed by atoms with Gasteiger partial charge in [0.05, 0.1) is 18.1 Å². The Kier molecular flexibility index (Phi) is 4.92. The number of anilines is 1. The average molecular weight is 359 g/mol. The summed E-state index contributed by atoms with van der Waals surface area (Å²) < 4.78 is 0.712. The molecule has 1 aliphatic rings. The van der Waals surface area contributed by atoms with E-state index in [-0.39, 0.29) is 5.91 Å². The lowest BCUT2D eigenvalue weighted by Gasteiger charge is -2.35. The molecule has 0 saturated carbocycles. The van der Waals surface area contributed by atoms with E-state index in [1.165, 1.54) is 11.3 Å². The van der Waals surface area contributed by atoms with Gasteiger partial charge in [-0.1, -0.05) is 0 Å². The molecule has 1 aliphatic heterocycles. The van der Waals surface area contributed by atoms with Crippen LogP contribution in [-0.4, -0.2) is 47.0 Å². The maximum absolute atomic E-state index is 12.5. The van der Waals surface area contributed by atoms with Crippen LogP contribution < -0.4 is 4.90 Å². The Hall–Kier alpha value is -2.24. The smallest absolute Gasteiger partial charge is 0.228 e. The minimum absolute atomic E-state index is 0.127. The molecular weight excluding hydrogens is 342 g/mol. The zero-order chi connectivity index (χ0) is 17.1. The molecule has 1 saturated heterocycles. The molecule has 3 heterocycles. The number of amides is 1. The van der Waals surface area contributed by atoms with E-state index in [9.17, 15) is 4.79 Å². The molecule has 2 aromatic heterocycles. The van der Waals surface area contributed by atoms with Crippen LogP contribution in [-0.2, 0) is 11.2 Å². The van der Waals surface area contributed by atoms with Crippen LogP contribution >= 0.6 is 23.6 Å². The predicted molar refractivity (Wildman–Crippen MR) is 95.7 cm³/mol. The van der Waals surface area contributed by atoms with Crippen LogP contribution in [0.2, 0.25) is 0 Å². The van der Waals surface area contributed by atoms with Crippen LogP contribution in [0, 0.1) is 22.2 Å². The molecule has 0 aliphatic carbocycles. The van der Waals surface area contributed by atoms with Crippen molar-refractivity contribution in [3.05, 3.63) is 38.4 Å². The lowest BCUT2D eigenvalue weighted by atomic mass is 10.2. The number of H-pyrrole nitrogens is 1. The first kappa shape index (κ1) is 16.6. The summed E-state index contributed by atoms with van der Waals surface area (Å²) in [6.45, 7) is 4.70. The summed E-state index contributed by atoms with van der Waals surface area (Å²) in [6, 6.07) is 5.60. The van der Waals surface area contributed by atoms with Crippen LogP contribution in [0.15, 0.2) is 18.3 Å². The maximum Gasteiger partial charge on any atom is 0.228 e. The van der Waals surface area contributed by atoms with E-state index in [0.717, 1.165) is 29.5 Å². The molecule has 1 amide bonds. The quantitative estimate of drug-likeness (QED) is 0.851. The van der Waals surface area contributed by atoms with Gasteiger partial charge in [-0.3, -0.25) is 4.79 Å². The van der Waals surface area contributed by atoms with Crippen LogP contribution in [0.4, 0.5) is 5.82 Å². The van der Waals surface area contributed by atoms with Crippen molar-refractivity contribution in [2.45, 2.75) is 13.3 Å². The second-order valence-electron chi connectivity index (χ2n) is 5.62. The van der Waals surface area contributed by atoms with Gasteiger partial charge in [-0.15, -0.1) is 11.3 Å². The Labute approximate surface area is 149 Å². The molecule has 124 valence electrons. The predicted octanol–water partition coefficient (Wildman–Crippen LogP) is 2.27. The first-order chi connectivity index (χ1) is 11.6. The van der Waals surface area contributed by atoms with E-state index in [1.54, 1.807) is 18.3 Å². The summed E-state index contributed by atoms with van der Waals surface area (Å²) in [5.74, 6) is 0.919. The molecule has 0 unspecified atom stereocenters. The first-order valence-electron chi connectivity index (χ1n) is 7.64. The second kappa shape index (κ2) is 7.11. The zero-order valence-corrected chi connectivity index (χ0v) is 14.9. The lowest BCUT2D eigenvalue weighted by molar-refractivity contribution is -0.130. The highest BCUT2D eigenvalue weighted by atomic mass is 32.1.